The van der Waals surface area contributed by atoms with Crippen molar-refractivity contribution in [3.8, 4) is 0 Å². The highest BCUT2D eigenvalue weighted by atomic mass is 127. The van der Waals surface area contributed by atoms with Gasteiger partial charge in [0.25, 0.3) is 0 Å². The highest BCUT2D eigenvalue weighted by Gasteiger charge is 2.25. The SMILES string of the molecule is CCC(=O)N1CCC(NC(=NC)NCc2cccc(COC3CCOCC3)c2)C1.I. The zero-order valence-corrected chi connectivity index (χ0v) is 20.4. The molecule has 2 N–H and O–H groups in total. The van der Waals surface area contributed by atoms with Gasteiger partial charge < -0.3 is 25.0 Å². The summed E-state index contributed by atoms with van der Waals surface area (Å²) in [7, 11) is 1.78. The average Bonchev–Trinajstić information content (AvgIpc) is 3.24. The van der Waals surface area contributed by atoms with E-state index in [2.05, 4.69) is 39.9 Å². The van der Waals surface area contributed by atoms with Crippen molar-refractivity contribution in [2.75, 3.05) is 33.4 Å². The first-order chi connectivity index (χ1) is 14.2. The molecule has 0 bridgehead atoms. The third-order valence-corrected chi connectivity index (χ3v) is 5.51. The van der Waals surface area contributed by atoms with Crippen LogP contribution in [0.5, 0.6) is 0 Å². The number of aliphatic imine (C=N–C) groups is 1. The van der Waals surface area contributed by atoms with Gasteiger partial charge in [-0.2, -0.15) is 0 Å². The van der Waals surface area contributed by atoms with E-state index >= 15 is 0 Å². The first-order valence-corrected chi connectivity index (χ1v) is 10.7. The molecule has 1 aromatic carbocycles. The summed E-state index contributed by atoms with van der Waals surface area (Å²) < 4.78 is 11.4. The van der Waals surface area contributed by atoms with Gasteiger partial charge in [-0.3, -0.25) is 9.79 Å². The van der Waals surface area contributed by atoms with Crippen molar-refractivity contribution in [2.45, 2.75) is 57.9 Å². The number of likely N-dealkylation sites (tertiary alicyclic amines) is 1. The second-order valence-electron chi connectivity index (χ2n) is 7.69. The second kappa shape index (κ2) is 13.1. The van der Waals surface area contributed by atoms with E-state index in [9.17, 15) is 4.79 Å². The lowest BCUT2D eigenvalue weighted by Crippen LogP contribution is -2.44. The molecule has 1 unspecified atom stereocenters. The quantitative estimate of drug-likeness (QED) is 0.322. The van der Waals surface area contributed by atoms with Gasteiger partial charge in [0.15, 0.2) is 5.96 Å². The van der Waals surface area contributed by atoms with Crippen LogP contribution in [-0.2, 0) is 27.4 Å². The standard InChI is InChI=1S/C22H34N4O3.HI/c1-3-21(27)26-10-7-19(15-26)25-22(23-2)24-14-17-5-4-6-18(13-17)16-29-20-8-11-28-12-9-20;/h4-6,13,19-20H,3,7-12,14-16H2,1-2H3,(H2,23,24,25);1H. The van der Waals surface area contributed by atoms with Crippen LogP contribution in [0.25, 0.3) is 0 Å². The number of nitrogens with one attached hydrogen (secondary N) is 2. The summed E-state index contributed by atoms with van der Waals surface area (Å²) in [6.45, 7) is 6.39. The van der Waals surface area contributed by atoms with Crippen LogP contribution in [0.2, 0.25) is 0 Å². The van der Waals surface area contributed by atoms with Crippen LogP contribution in [0.15, 0.2) is 29.3 Å². The molecule has 0 aromatic heterocycles. The van der Waals surface area contributed by atoms with Gasteiger partial charge in [0.05, 0.1) is 12.7 Å². The largest absolute Gasteiger partial charge is 0.381 e. The molecule has 1 amide bonds. The number of ether oxygens (including phenoxy) is 2. The summed E-state index contributed by atoms with van der Waals surface area (Å²) in [5.74, 6) is 0.988. The Labute approximate surface area is 197 Å². The number of carbonyl (C=O) groups excluding carboxylic acids is 1. The lowest BCUT2D eigenvalue weighted by Gasteiger charge is -2.22. The summed E-state index contributed by atoms with van der Waals surface area (Å²) in [6.07, 6.45) is 3.77. The fourth-order valence-electron chi connectivity index (χ4n) is 3.79. The molecule has 2 saturated heterocycles. The van der Waals surface area contributed by atoms with Crippen LogP contribution in [0, 0.1) is 0 Å². The van der Waals surface area contributed by atoms with E-state index in [4.69, 9.17) is 9.47 Å². The van der Waals surface area contributed by atoms with Crippen LogP contribution in [0.3, 0.4) is 0 Å². The van der Waals surface area contributed by atoms with Crippen molar-refractivity contribution in [3.05, 3.63) is 35.4 Å². The van der Waals surface area contributed by atoms with Gasteiger partial charge >= 0.3 is 0 Å². The van der Waals surface area contributed by atoms with Gasteiger partial charge in [0.1, 0.15) is 0 Å². The smallest absolute Gasteiger partial charge is 0.222 e. The summed E-state index contributed by atoms with van der Waals surface area (Å²) in [5, 5.41) is 6.82. The Kier molecular flexibility index (Phi) is 10.9. The topological polar surface area (TPSA) is 75.2 Å². The summed E-state index contributed by atoms with van der Waals surface area (Å²) in [5.41, 5.74) is 2.37. The van der Waals surface area contributed by atoms with E-state index in [-0.39, 0.29) is 35.9 Å². The molecule has 168 valence electrons. The zero-order chi connectivity index (χ0) is 20.5. The molecule has 2 heterocycles. The monoisotopic (exact) mass is 530 g/mol. The Morgan fingerprint density at radius 1 is 1.27 bits per heavy atom. The fourth-order valence-corrected chi connectivity index (χ4v) is 3.79. The maximum Gasteiger partial charge on any atom is 0.222 e. The Morgan fingerprint density at radius 3 is 2.77 bits per heavy atom. The first-order valence-electron chi connectivity index (χ1n) is 10.7. The number of hydrogen-bond acceptors (Lipinski definition) is 4. The number of hydrogen-bond donors (Lipinski definition) is 2. The predicted octanol–water partition coefficient (Wildman–Crippen LogP) is 2.68. The van der Waals surface area contributed by atoms with Crippen LogP contribution in [0.4, 0.5) is 0 Å². The normalized spacial score (nSPS) is 20.0. The van der Waals surface area contributed by atoms with Crippen LogP contribution in [0.1, 0.15) is 43.7 Å². The van der Waals surface area contributed by atoms with E-state index in [1.54, 1.807) is 7.05 Å². The van der Waals surface area contributed by atoms with Gasteiger partial charge in [0, 0.05) is 52.4 Å². The Hall–Kier alpha value is -1.39. The highest BCUT2D eigenvalue weighted by molar-refractivity contribution is 14.0. The number of guanidine groups is 1. The molecule has 7 nitrogen and oxygen atoms in total. The zero-order valence-electron chi connectivity index (χ0n) is 18.1. The maximum atomic E-state index is 11.8. The highest BCUT2D eigenvalue weighted by Crippen LogP contribution is 2.14. The second-order valence-corrected chi connectivity index (χ2v) is 7.69. The van der Waals surface area contributed by atoms with E-state index in [0.717, 1.165) is 51.5 Å². The minimum atomic E-state index is 0. The number of halogens is 1. The van der Waals surface area contributed by atoms with Crippen LogP contribution >= 0.6 is 24.0 Å². The molecular weight excluding hydrogens is 495 g/mol. The molecule has 2 aliphatic rings. The van der Waals surface area contributed by atoms with E-state index in [1.165, 1.54) is 11.1 Å². The van der Waals surface area contributed by atoms with Crippen molar-refractivity contribution in [2.24, 2.45) is 4.99 Å². The molecule has 0 radical (unpaired) electrons. The van der Waals surface area contributed by atoms with Crippen molar-refractivity contribution in [1.82, 2.24) is 15.5 Å². The van der Waals surface area contributed by atoms with E-state index in [1.807, 2.05) is 11.8 Å². The van der Waals surface area contributed by atoms with E-state index < -0.39 is 0 Å². The number of carbonyl (C=O) groups is 1. The third-order valence-electron chi connectivity index (χ3n) is 5.51. The Balaban J connectivity index is 0.00000320. The first kappa shape index (κ1) is 24.9. The van der Waals surface area contributed by atoms with Crippen molar-refractivity contribution >= 4 is 35.8 Å². The summed E-state index contributed by atoms with van der Waals surface area (Å²) in [4.78, 5) is 18.1. The van der Waals surface area contributed by atoms with Crippen molar-refractivity contribution in [3.63, 3.8) is 0 Å². The number of rotatable bonds is 7. The average molecular weight is 530 g/mol. The minimum absolute atomic E-state index is 0. The van der Waals surface area contributed by atoms with Gasteiger partial charge in [0.2, 0.25) is 5.91 Å². The van der Waals surface area contributed by atoms with Gasteiger partial charge in [-0.05, 0) is 30.4 Å². The predicted molar refractivity (Wildman–Crippen MR) is 129 cm³/mol. The number of nitrogens with zero attached hydrogens (tertiary/aromatic N) is 2. The lowest BCUT2D eigenvalue weighted by atomic mass is 10.1. The number of amides is 1. The lowest BCUT2D eigenvalue weighted by molar-refractivity contribution is -0.129. The van der Waals surface area contributed by atoms with Crippen molar-refractivity contribution < 1.29 is 14.3 Å². The van der Waals surface area contributed by atoms with Gasteiger partial charge in [-0.1, -0.05) is 31.2 Å². The molecule has 2 aliphatic heterocycles. The van der Waals surface area contributed by atoms with Crippen molar-refractivity contribution in [1.29, 1.82) is 0 Å². The molecule has 0 aliphatic carbocycles. The molecule has 30 heavy (non-hydrogen) atoms. The summed E-state index contributed by atoms with van der Waals surface area (Å²) in [6, 6.07) is 8.71. The molecule has 0 saturated carbocycles. The molecule has 3 rings (SSSR count). The van der Waals surface area contributed by atoms with Gasteiger partial charge in [-0.25, -0.2) is 0 Å². The number of benzene rings is 1. The van der Waals surface area contributed by atoms with Gasteiger partial charge in [-0.15, -0.1) is 24.0 Å². The van der Waals surface area contributed by atoms with E-state index in [0.29, 0.717) is 25.7 Å². The van der Waals surface area contributed by atoms with Crippen LogP contribution < -0.4 is 10.6 Å². The summed E-state index contributed by atoms with van der Waals surface area (Å²) >= 11 is 0. The van der Waals surface area contributed by atoms with Crippen LogP contribution in [-0.4, -0.2) is 62.3 Å². The Bertz CT molecular complexity index is 695. The molecule has 2 fully saturated rings. The third kappa shape index (κ3) is 7.70. The molecule has 1 aromatic rings. The molecule has 1 atom stereocenters. The minimum Gasteiger partial charge on any atom is -0.381 e. The molecule has 0 spiro atoms. The Morgan fingerprint density at radius 2 is 2.03 bits per heavy atom. The molecule has 8 heteroatoms. The molecular formula is C22H35IN4O3. The maximum absolute atomic E-state index is 11.8. The fraction of sp³-hybridized carbons (Fsp3) is 0.636.